The molecule has 0 radical (unpaired) electrons. The molecule has 0 aliphatic carbocycles. The van der Waals surface area contributed by atoms with Gasteiger partial charge in [-0.1, -0.05) is 61.8 Å². The van der Waals surface area contributed by atoms with Gasteiger partial charge in [0.1, 0.15) is 12.6 Å². The Morgan fingerprint density at radius 3 is 2.27 bits per heavy atom. The summed E-state index contributed by atoms with van der Waals surface area (Å²) in [7, 11) is -3.77. The van der Waals surface area contributed by atoms with Crippen LogP contribution in [0.3, 0.4) is 0 Å². The maximum Gasteiger partial charge on any atom is 0.244 e. The molecule has 0 aliphatic rings. The molecule has 33 heavy (non-hydrogen) atoms. The molecule has 0 bridgehead atoms. The molecule has 2 amide bonds. The van der Waals surface area contributed by atoms with Crippen LogP contribution in [0, 0.1) is 5.92 Å². The molecule has 1 unspecified atom stereocenters. The highest BCUT2D eigenvalue weighted by Crippen LogP contribution is 2.22. The summed E-state index contributed by atoms with van der Waals surface area (Å²) in [6, 6.07) is 15.2. The number of amides is 2. The first-order valence-electron chi connectivity index (χ1n) is 10.8. The quantitative estimate of drug-likeness (QED) is 0.520. The van der Waals surface area contributed by atoms with Gasteiger partial charge in [0, 0.05) is 18.1 Å². The van der Waals surface area contributed by atoms with Gasteiger partial charge in [-0.15, -0.1) is 0 Å². The Morgan fingerprint density at radius 2 is 1.70 bits per heavy atom. The predicted octanol–water partition coefficient (Wildman–Crippen LogP) is 3.34. The van der Waals surface area contributed by atoms with Crippen molar-refractivity contribution in [2.45, 2.75) is 33.2 Å². The lowest BCUT2D eigenvalue weighted by atomic mass is 10.1. The number of rotatable bonds is 11. The van der Waals surface area contributed by atoms with E-state index in [0.29, 0.717) is 23.7 Å². The third-order valence-corrected chi connectivity index (χ3v) is 6.49. The summed E-state index contributed by atoms with van der Waals surface area (Å²) >= 11 is 6.04. The fourth-order valence-corrected chi connectivity index (χ4v) is 4.29. The first-order chi connectivity index (χ1) is 15.5. The number of halogens is 1. The first-order valence-corrected chi connectivity index (χ1v) is 13.1. The van der Waals surface area contributed by atoms with Crippen LogP contribution < -0.4 is 9.62 Å². The Hall–Kier alpha value is -2.58. The average Bonchev–Trinajstić information content (AvgIpc) is 2.75. The number of sulfonamides is 1. The number of nitrogens with zero attached hydrogens (tertiary/aromatic N) is 2. The monoisotopic (exact) mass is 493 g/mol. The van der Waals surface area contributed by atoms with E-state index in [1.54, 1.807) is 25.1 Å². The molecule has 0 spiro atoms. The number of nitrogens with one attached hydrogen (secondary N) is 1. The second-order valence-electron chi connectivity index (χ2n) is 8.39. The van der Waals surface area contributed by atoms with Crippen LogP contribution in [0.15, 0.2) is 54.6 Å². The van der Waals surface area contributed by atoms with Gasteiger partial charge in [0.25, 0.3) is 0 Å². The van der Waals surface area contributed by atoms with Gasteiger partial charge in [-0.25, -0.2) is 8.42 Å². The summed E-state index contributed by atoms with van der Waals surface area (Å²) in [5.41, 5.74) is 1.30. The fraction of sp³-hybridized carbons (Fsp3) is 0.417. The van der Waals surface area contributed by atoms with Gasteiger partial charge in [-0.3, -0.25) is 13.9 Å². The standard InChI is InChI=1S/C24H32ClN3O4S/c1-18(2)16-26-24(30)19(3)27(14-13-20-9-6-5-7-10-20)23(29)17-28(33(4,31)32)22-12-8-11-21(25)15-22/h5-12,15,18-19H,13-14,16-17H2,1-4H3,(H,26,30). The third-order valence-electron chi connectivity index (χ3n) is 5.11. The lowest BCUT2D eigenvalue weighted by Gasteiger charge is -2.31. The van der Waals surface area contributed by atoms with E-state index in [9.17, 15) is 18.0 Å². The maximum atomic E-state index is 13.4. The molecule has 0 saturated heterocycles. The van der Waals surface area contributed by atoms with E-state index in [2.05, 4.69) is 5.32 Å². The zero-order valence-corrected chi connectivity index (χ0v) is 21.1. The molecule has 0 heterocycles. The highest BCUT2D eigenvalue weighted by Gasteiger charge is 2.29. The van der Waals surface area contributed by atoms with Crippen LogP contribution >= 0.6 is 11.6 Å². The largest absolute Gasteiger partial charge is 0.354 e. The van der Waals surface area contributed by atoms with Crippen molar-refractivity contribution in [2.24, 2.45) is 5.92 Å². The molecule has 1 N–H and O–H groups in total. The average molecular weight is 494 g/mol. The van der Waals surface area contributed by atoms with E-state index in [-0.39, 0.29) is 18.4 Å². The van der Waals surface area contributed by atoms with Crippen LogP contribution in [-0.2, 0) is 26.0 Å². The van der Waals surface area contributed by atoms with Gasteiger partial charge in [0.15, 0.2) is 0 Å². The molecule has 9 heteroatoms. The molecule has 180 valence electrons. The molecule has 2 aromatic carbocycles. The highest BCUT2D eigenvalue weighted by atomic mass is 35.5. The van der Waals surface area contributed by atoms with Crippen LogP contribution in [-0.4, -0.2) is 57.1 Å². The van der Waals surface area contributed by atoms with Gasteiger partial charge in [-0.05, 0) is 43.0 Å². The second-order valence-corrected chi connectivity index (χ2v) is 10.7. The smallest absolute Gasteiger partial charge is 0.244 e. The zero-order valence-electron chi connectivity index (χ0n) is 19.5. The molecule has 2 rings (SSSR count). The van der Waals surface area contributed by atoms with E-state index >= 15 is 0 Å². The van der Waals surface area contributed by atoms with Crippen molar-refractivity contribution in [2.75, 3.05) is 30.2 Å². The van der Waals surface area contributed by atoms with Crippen molar-refractivity contribution in [1.82, 2.24) is 10.2 Å². The molecule has 0 aliphatic heterocycles. The van der Waals surface area contributed by atoms with Crippen LogP contribution in [0.4, 0.5) is 5.69 Å². The number of carbonyl (C=O) groups is 2. The molecule has 7 nitrogen and oxygen atoms in total. The van der Waals surface area contributed by atoms with Gasteiger partial charge in [0.2, 0.25) is 21.8 Å². The molecule has 2 aromatic rings. The topological polar surface area (TPSA) is 86.8 Å². The molecule has 0 fully saturated rings. The summed E-state index contributed by atoms with van der Waals surface area (Å²) in [5.74, 6) is -0.486. The maximum absolute atomic E-state index is 13.4. The first kappa shape index (κ1) is 26.7. The Kier molecular flexibility index (Phi) is 9.73. The minimum atomic E-state index is -3.77. The molecular weight excluding hydrogens is 462 g/mol. The van der Waals surface area contributed by atoms with Crippen molar-refractivity contribution in [3.05, 3.63) is 65.2 Å². The van der Waals surface area contributed by atoms with Crippen LogP contribution in [0.25, 0.3) is 0 Å². The van der Waals surface area contributed by atoms with E-state index in [4.69, 9.17) is 11.6 Å². The number of hydrogen-bond donors (Lipinski definition) is 1. The van der Waals surface area contributed by atoms with Crippen molar-refractivity contribution in [3.8, 4) is 0 Å². The number of benzene rings is 2. The minimum absolute atomic E-state index is 0.262. The van der Waals surface area contributed by atoms with Crippen molar-refractivity contribution >= 4 is 39.1 Å². The van der Waals surface area contributed by atoms with Gasteiger partial charge >= 0.3 is 0 Å². The molecule has 0 aromatic heterocycles. The summed E-state index contributed by atoms with van der Waals surface area (Å²) in [4.78, 5) is 27.6. The Morgan fingerprint density at radius 1 is 1.03 bits per heavy atom. The van der Waals surface area contributed by atoms with Crippen molar-refractivity contribution < 1.29 is 18.0 Å². The molecule has 0 saturated carbocycles. The van der Waals surface area contributed by atoms with E-state index < -0.39 is 28.5 Å². The second kappa shape index (κ2) is 12.0. The Balaban J connectivity index is 2.28. The van der Waals surface area contributed by atoms with Crippen molar-refractivity contribution in [1.29, 1.82) is 0 Å². The predicted molar refractivity (Wildman–Crippen MR) is 133 cm³/mol. The van der Waals surface area contributed by atoms with Gasteiger partial charge < -0.3 is 10.2 Å². The van der Waals surface area contributed by atoms with Crippen LogP contribution in [0.1, 0.15) is 26.3 Å². The third kappa shape index (κ3) is 8.37. The van der Waals surface area contributed by atoms with E-state index in [1.165, 1.54) is 11.0 Å². The lowest BCUT2D eigenvalue weighted by molar-refractivity contribution is -0.138. The summed E-state index contributed by atoms with van der Waals surface area (Å²) < 4.78 is 26.0. The molecule has 1 atom stereocenters. The fourth-order valence-electron chi connectivity index (χ4n) is 3.27. The SMILES string of the molecule is CC(C)CNC(=O)C(C)N(CCc1ccccc1)C(=O)CN(c1cccc(Cl)c1)S(C)(=O)=O. The number of carbonyl (C=O) groups excluding carboxylic acids is 2. The Bertz CT molecular complexity index is 1040. The summed E-state index contributed by atoms with van der Waals surface area (Å²) in [6.45, 7) is 5.95. The lowest BCUT2D eigenvalue weighted by Crippen LogP contribution is -2.52. The van der Waals surface area contributed by atoms with Crippen LogP contribution in [0.2, 0.25) is 5.02 Å². The minimum Gasteiger partial charge on any atom is -0.354 e. The van der Waals surface area contributed by atoms with E-state index in [1.807, 2.05) is 44.2 Å². The zero-order chi connectivity index (χ0) is 24.6. The number of hydrogen-bond acceptors (Lipinski definition) is 4. The van der Waals surface area contributed by atoms with Gasteiger partial charge in [-0.2, -0.15) is 0 Å². The number of anilines is 1. The van der Waals surface area contributed by atoms with Gasteiger partial charge in [0.05, 0.1) is 11.9 Å². The summed E-state index contributed by atoms with van der Waals surface area (Å²) in [5, 5.41) is 3.21. The highest BCUT2D eigenvalue weighted by molar-refractivity contribution is 7.92. The normalized spacial score (nSPS) is 12.3. The van der Waals surface area contributed by atoms with Crippen molar-refractivity contribution in [3.63, 3.8) is 0 Å². The van der Waals surface area contributed by atoms with E-state index in [0.717, 1.165) is 16.1 Å². The Labute approximate surface area is 201 Å². The molecular formula is C24H32ClN3O4S. The summed E-state index contributed by atoms with van der Waals surface area (Å²) in [6.07, 6.45) is 1.57. The van der Waals surface area contributed by atoms with Crippen LogP contribution in [0.5, 0.6) is 0 Å².